The molecular formula is C25H31FN2O4. The second kappa shape index (κ2) is 9.88. The number of halogens is 1. The topological polar surface area (TPSA) is 74.0 Å². The van der Waals surface area contributed by atoms with Crippen molar-refractivity contribution in [3.05, 3.63) is 58.9 Å². The average Bonchev–Trinajstić information content (AvgIpc) is 2.83. The molecule has 0 bridgehead atoms. The Kier molecular flexibility index (Phi) is 6.96. The number of nitrogens with zero attached hydrogens (tertiary/aromatic N) is 1. The second-order valence-corrected chi connectivity index (χ2v) is 8.49. The van der Waals surface area contributed by atoms with Crippen molar-refractivity contribution in [3.8, 4) is 11.5 Å². The van der Waals surface area contributed by atoms with Gasteiger partial charge in [-0.3, -0.25) is 4.79 Å². The summed E-state index contributed by atoms with van der Waals surface area (Å²) in [6.45, 7) is 1.79. The number of piperidine rings is 1. The van der Waals surface area contributed by atoms with Crippen LogP contribution >= 0.6 is 0 Å². The smallest absolute Gasteiger partial charge is 0.226 e. The Hall–Kier alpha value is -2.64. The van der Waals surface area contributed by atoms with Crippen LogP contribution in [0.4, 0.5) is 4.39 Å². The number of carbonyl (C=O) groups excluding carboxylic acids is 1. The summed E-state index contributed by atoms with van der Waals surface area (Å²) >= 11 is 0. The number of fused-ring (bicyclic) bond motifs is 1. The van der Waals surface area contributed by atoms with Crippen LogP contribution in [0.15, 0.2) is 36.4 Å². The van der Waals surface area contributed by atoms with Gasteiger partial charge in [0.05, 0.1) is 32.8 Å². The van der Waals surface area contributed by atoms with E-state index in [1.807, 2.05) is 17.0 Å². The third-order valence-electron chi connectivity index (χ3n) is 6.68. The summed E-state index contributed by atoms with van der Waals surface area (Å²) < 4.78 is 30.7. The zero-order valence-corrected chi connectivity index (χ0v) is 18.7. The molecule has 172 valence electrons. The molecule has 0 unspecified atom stereocenters. The number of likely N-dealkylation sites (tertiary alicyclic amines) is 1. The summed E-state index contributed by atoms with van der Waals surface area (Å²) in [4.78, 5) is 14.6. The third-order valence-corrected chi connectivity index (χ3v) is 6.68. The summed E-state index contributed by atoms with van der Waals surface area (Å²) in [6, 6.07) is 10.0. The molecule has 32 heavy (non-hydrogen) atoms. The van der Waals surface area contributed by atoms with E-state index < -0.39 is 0 Å². The van der Waals surface area contributed by atoms with E-state index in [0.29, 0.717) is 37.7 Å². The molecule has 2 aromatic rings. The first-order valence-electron chi connectivity index (χ1n) is 11.2. The molecule has 2 aliphatic heterocycles. The summed E-state index contributed by atoms with van der Waals surface area (Å²) in [5.74, 6) is 1.59. The molecule has 0 aliphatic carbocycles. The van der Waals surface area contributed by atoms with Crippen LogP contribution in [0, 0.1) is 11.7 Å². The van der Waals surface area contributed by atoms with Crippen LogP contribution in [0.5, 0.6) is 11.5 Å². The fourth-order valence-electron chi connectivity index (χ4n) is 4.92. The van der Waals surface area contributed by atoms with E-state index in [2.05, 4.69) is 0 Å². The zero-order chi connectivity index (χ0) is 22.7. The predicted octanol–water partition coefficient (Wildman–Crippen LogP) is 3.27. The van der Waals surface area contributed by atoms with Crippen molar-refractivity contribution < 1.29 is 23.4 Å². The van der Waals surface area contributed by atoms with E-state index in [1.165, 1.54) is 12.1 Å². The number of amides is 1. The number of ether oxygens (including phenoxy) is 3. The quantitative estimate of drug-likeness (QED) is 0.743. The lowest BCUT2D eigenvalue weighted by Crippen LogP contribution is -2.44. The van der Waals surface area contributed by atoms with Gasteiger partial charge in [0.25, 0.3) is 0 Å². The lowest BCUT2D eigenvalue weighted by molar-refractivity contribution is -0.133. The van der Waals surface area contributed by atoms with E-state index >= 15 is 0 Å². The van der Waals surface area contributed by atoms with Crippen molar-refractivity contribution in [2.24, 2.45) is 11.7 Å². The van der Waals surface area contributed by atoms with Crippen LogP contribution in [-0.4, -0.2) is 50.8 Å². The molecule has 1 saturated heterocycles. The summed E-state index contributed by atoms with van der Waals surface area (Å²) in [6.07, 6.45) is 2.62. The zero-order valence-electron chi connectivity index (χ0n) is 18.7. The van der Waals surface area contributed by atoms with Crippen LogP contribution in [0.25, 0.3) is 0 Å². The molecule has 1 fully saturated rings. The van der Waals surface area contributed by atoms with Crippen molar-refractivity contribution in [1.82, 2.24) is 4.90 Å². The molecule has 2 atom stereocenters. The molecule has 0 saturated carbocycles. The normalized spacial score (nSPS) is 21.2. The number of methoxy groups -OCH3 is 2. The maximum Gasteiger partial charge on any atom is 0.226 e. The maximum absolute atomic E-state index is 13.1. The van der Waals surface area contributed by atoms with E-state index in [-0.39, 0.29) is 23.9 Å². The molecule has 2 aromatic carbocycles. The molecular weight excluding hydrogens is 411 g/mol. The van der Waals surface area contributed by atoms with Gasteiger partial charge in [0, 0.05) is 31.6 Å². The standard InChI is InChI=1S/C25H31FN2O4/c1-30-21-8-7-19-20(25(21)31-2)14-22(32-23(19)15-27)17-9-11-28(12-10-17)24(29)13-16-3-5-18(26)6-4-16/h3-8,17,22-23H,9-15,27H2,1-2H3/t22-,23-/m0/s1. The van der Waals surface area contributed by atoms with Gasteiger partial charge in [0.1, 0.15) is 5.82 Å². The minimum Gasteiger partial charge on any atom is -0.493 e. The molecule has 0 aromatic heterocycles. The highest BCUT2D eigenvalue weighted by molar-refractivity contribution is 5.78. The van der Waals surface area contributed by atoms with Gasteiger partial charge in [-0.05, 0) is 48.1 Å². The van der Waals surface area contributed by atoms with Crippen molar-refractivity contribution in [2.75, 3.05) is 33.9 Å². The number of hydrogen-bond donors (Lipinski definition) is 1. The predicted molar refractivity (Wildman–Crippen MR) is 119 cm³/mol. The van der Waals surface area contributed by atoms with Crippen LogP contribution in [0.2, 0.25) is 0 Å². The van der Waals surface area contributed by atoms with Gasteiger partial charge in [0.2, 0.25) is 5.91 Å². The Balaban J connectivity index is 1.41. The lowest BCUT2D eigenvalue weighted by Gasteiger charge is -2.40. The van der Waals surface area contributed by atoms with E-state index in [1.54, 1.807) is 26.4 Å². The van der Waals surface area contributed by atoms with Gasteiger partial charge in [-0.2, -0.15) is 0 Å². The van der Waals surface area contributed by atoms with Gasteiger partial charge < -0.3 is 24.8 Å². The van der Waals surface area contributed by atoms with Crippen molar-refractivity contribution >= 4 is 5.91 Å². The highest BCUT2D eigenvalue weighted by Crippen LogP contribution is 2.43. The molecule has 7 heteroatoms. The molecule has 2 heterocycles. The summed E-state index contributed by atoms with van der Waals surface area (Å²) in [5, 5.41) is 0. The maximum atomic E-state index is 13.1. The Morgan fingerprint density at radius 2 is 1.84 bits per heavy atom. The number of hydrogen-bond acceptors (Lipinski definition) is 5. The number of benzene rings is 2. The lowest BCUT2D eigenvalue weighted by atomic mass is 9.83. The highest BCUT2D eigenvalue weighted by atomic mass is 19.1. The van der Waals surface area contributed by atoms with Gasteiger partial charge in [-0.25, -0.2) is 4.39 Å². The first-order chi connectivity index (χ1) is 15.5. The summed E-state index contributed by atoms with van der Waals surface area (Å²) in [7, 11) is 3.30. The number of rotatable bonds is 6. The van der Waals surface area contributed by atoms with E-state index in [0.717, 1.165) is 41.7 Å². The first-order valence-corrected chi connectivity index (χ1v) is 11.2. The molecule has 0 radical (unpaired) electrons. The van der Waals surface area contributed by atoms with Gasteiger partial charge in [-0.1, -0.05) is 18.2 Å². The van der Waals surface area contributed by atoms with Gasteiger partial charge >= 0.3 is 0 Å². The summed E-state index contributed by atoms with van der Waals surface area (Å²) in [5.41, 5.74) is 9.04. The van der Waals surface area contributed by atoms with Crippen molar-refractivity contribution in [3.63, 3.8) is 0 Å². The first kappa shape index (κ1) is 22.6. The number of nitrogens with two attached hydrogens (primary N) is 1. The molecule has 1 amide bonds. The Morgan fingerprint density at radius 3 is 2.47 bits per heavy atom. The molecule has 4 rings (SSSR count). The van der Waals surface area contributed by atoms with Crippen LogP contribution in [0.1, 0.15) is 35.6 Å². The SMILES string of the molecule is COc1ccc2c(c1OC)C[C@@H](C1CCN(C(=O)Cc3ccc(F)cc3)CC1)O[C@H]2CN. The van der Waals surface area contributed by atoms with Gasteiger partial charge in [0.15, 0.2) is 11.5 Å². The molecule has 2 N–H and O–H groups in total. The molecule has 2 aliphatic rings. The largest absolute Gasteiger partial charge is 0.493 e. The van der Waals surface area contributed by atoms with E-state index in [4.69, 9.17) is 19.9 Å². The Morgan fingerprint density at radius 1 is 1.12 bits per heavy atom. The number of carbonyl (C=O) groups is 1. The van der Waals surface area contributed by atoms with Crippen LogP contribution in [0.3, 0.4) is 0 Å². The van der Waals surface area contributed by atoms with Crippen LogP contribution < -0.4 is 15.2 Å². The van der Waals surface area contributed by atoms with Crippen LogP contribution in [-0.2, 0) is 22.4 Å². The van der Waals surface area contributed by atoms with E-state index in [9.17, 15) is 9.18 Å². The fourth-order valence-corrected chi connectivity index (χ4v) is 4.92. The molecule has 6 nitrogen and oxygen atoms in total. The third kappa shape index (κ3) is 4.59. The Bertz CT molecular complexity index is 942. The second-order valence-electron chi connectivity index (χ2n) is 8.49. The minimum absolute atomic E-state index is 0.0198. The van der Waals surface area contributed by atoms with Crippen molar-refractivity contribution in [1.29, 1.82) is 0 Å². The molecule has 0 spiro atoms. The monoisotopic (exact) mass is 442 g/mol. The van der Waals surface area contributed by atoms with Gasteiger partial charge in [-0.15, -0.1) is 0 Å². The fraction of sp³-hybridized carbons (Fsp3) is 0.480. The average molecular weight is 443 g/mol. The minimum atomic E-state index is -0.291. The van der Waals surface area contributed by atoms with Crippen molar-refractivity contribution in [2.45, 2.75) is 37.9 Å². The Labute approximate surface area is 188 Å². The highest BCUT2D eigenvalue weighted by Gasteiger charge is 2.36.